The van der Waals surface area contributed by atoms with E-state index in [-0.39, 0.29) is 23.8 Å². The maximum atomic E-state index is 12.4. The molecule has 0 saturated carbocycles. The number of benzene rings is 1. The van der Waals surface area contributed by atoms with Crippen LogP contribution in [0.2, 0.25) is 0 Å². The number of carbonyl (C=O) groups is 3. The first-order valence-electron chi connectivity index (χ1n) is 9.18. The van der Waals surface area contributed by atoms with Crippen LogP contribution in [0.25, 0.3) is 0 Å². The number of esters is 1. The topological polar surface area (TPSA) is 107 Å². The molecule has 168 valence electrons. The largest absolute Gasteiger partial charge is 0.573 e. The maximum Gasteiger partial charge on any atom is 0.573 e. The number of hydrogen-bond donors (Lipinski definition) is 2. The third-order valence-electron chi connectivity index (χ3n) is 3.97. The van der Waals surface area contributed by atoms with Crippen LogP contribution < -0.4 is 15.4 Å². The highest BCUT2D eigenvalue weighted by atomic mass is 19.4. The fraction of sp³-hybridized carbons (Fsp3) is 0.350. The molecule has 2 rings (SSSR count). The van der Waals surface area contributed by atoms with Crippen LogP contribution in [0.3, 0.4) is 0 Å². The maximum absolute atomic E-state index is 12.4. The first-order valence-corrected chi connectivity index (χ1v) is 9.18. The number of nitrogens with one attached hydrogen (secondary N) is 2. The minimum atomic E-state index is -4.87. The van der Waals surface area contributed by atoms with Crippen molar-refractivity contribution >= 4 is 17.8 Å². The van der Waals surface area contributed by atoms with Gasteiger partial charge in [0.2, 0.25) is 0 Å². The molecule has 0 aliphatic heterocycles. The zero-order chi connectivity index (χ0) is 23.0. The number of alkyl halides is 3. The summed E-state index contributed by atoms with van der Waals surface area (Å²) < 4.78 is 51.1. The van der Waals surface area contributed by atoms with Crippen molar-refractivity contribution in [2.75, 3.05) is 6.61 Å². The molecular weight excluding hydrogens is 421 g/mol. The van der Waals surface area contributed by atoms with Crippen molar-refractivity contribution in [3.63, 3.8) is 0 Å². The average molecular weight is 442 g/mol. The number of amides is 2. The van der Waals surface area contributed by atoms with Gasteiger partial charge in [0, 0.05) is 12.1 Å². The fourth-order valence-electron chi connectivity index (χ4n) is 2.46. The lowest BCUT2D eigenvalue weighted by atomic mass is 10.0. The zero-order valence-corrected chi connectivity index (χ0v) is 16.7. The third-order valence-corrected chi connectivity index (χ3v) is 3.97. The van der Waals surface area contributed by atoms with E-state index in [0.717, 1.165) is 6.07 Å². The van der Waals surface area contributed by atoms with E-state index in [0.29, 0.717) is 0 Å². The highest BCUT2D eigenvalue weighted by molar-refractivity contribution is 5.94. The molecule has 0 unspecified atom stereocenters. The second kappa shape index (κ2) is 10.5. The Morgan fingerprint density at radius 3 is 2.42 bits per heavy atom. The minimum absolute atomic E-state index is 0.0101. The van der Waals surface area contributed by atoms with E-state index in [2.05, 4.69) is 15.4 Å². The predicted molar refractivity (Wildman–Crippen MR) is 101 cm³/mol. The van der Waals surface area contributed by atoms with E-state index >= 15 is 0 Å². The molecule has 0 bridgehead atoms. The smallest absolute Gasteiger partial charge is 0.459 e. The molecule has 2 N–H and O–H groups in total. The van der Waals surface area contributed by atoms with Crippen molar-refractivity contribution in [2.45, 2.75) is 32.8 Å². The van der Waals surface area contributed by atoms with Gasteiger partial charge in [0.1, 0.15) is 11.8 Å². The van der Waals surface area contributed by atoms with Crippen LogP contribution in [0, 0.1) is 5.92 Å². The van der Waals surface area contributed by atoms with E-state index < -0.39 is 42.5 Å². The first kappa shape index (κ1) is 23.8. The van der Waals surface area contributed by atoms with Crippen molar-refractivity contribution in [3.8, 4) is 5.75 Å². The predicted octanol–water partition coefficient (Wildman–Crippen LogP) is 2.79. The minimum Gasteiger partial charge on any atom is -0.459 e. The molecule has 1 aromatic heterocycles. The Kier molecular flexibility index (Phi) is 8.06. The summed E-state index contributed by atoms with van der Waals surface area (Å²) in [6.45, 7) is 2.39. The number of carbonyl (C=O) groups excluding carboxylic acids is 3. The lowest BCUT2D eigenvalue weighted by Gasteiger charge is -2.20. The molecule has 0 aliphatic rings. The number of rotatable bonds is 9. The number of halogens is 3. The van der Waals surface area contributed by atoms with Gasteiger partial charge in [-0.2, -0.15) is 0 Å². The first-order chi connectivity index (χ1) is 14.6. The molecule has 0 aliphatic carbocycles. The summed E-state index contributed by atoms with van der Waals surface area (Å²) in [6.07, 6.45) is -3.57. The summed E-state index contributed by atoms with van der Waals surface area (Å²) in [7, 11) is 0. The molecule has 0 spiro atoms. The molecule has 1 heterocycles. The van der Waals surface area contributed by atoms with Gasteiger partial charge in [-0.1, -0.05) is 32.0 Å². The summed E-state index contributed by atoms with van der Waals surface area (Å²) in [4.78, 5) is 36.3. The van der Waals surface area contributed by atoms with Crippen LogP contribution in [0.5, 0.6) is 5.75 Å². The Labute approximate surface area is 175 Å². The van der Waals surface area contributed by atoms with Gasteiger partial charge in [-0.3, -0.25) is 9.59 Å². The van der Waals surface area contributed by atoms with Gasteiger partial charge in [0.15, 0.2) is 12.4 Å². The van der Waals surface area contributed by atoms with Gasteiger partial charge < -0.3 is 24.5 Å². The van der Waals surface area contributed by atoms with Crippen molar-refractivity contribution in [2.24, 2.45) is 5.92 Å². The van der Waals surface area contributed by atoms with Crippen LogP contribution in [-0.2, 0) is 20.9 Å². The summed E-state index contributed by atoms with van der Waals surface area (Å²) in [6, 6.07) is 7.21. The Morgan fingerprint density at radius 2 is 1.81 bits per heavy atom. The molecule has 31 heavy (non-hydrogen) atoms. The van der Waals surface area contributed by atoms with Crippen molar-refractivity contribution in [1.29, 1.82) is 0 Å². The SMILES string of the molecule is CC(C)[C@H](NC(=O)c1ccco1)C(=O)OCC(=O)NCc1ccccc1OC(F)(F)F. The van der Waals surface area contributed by atoms with Gasteiger partial charge >= 0.3 is 12.3 Å². The molecule has 1 atom stereocenters. The van der Waals surface area contributed by atoms with Gasteiger partial charge in [-0.05, 0) is 24.1 Å². The summed E-state index contributed by atoms with van der Waals surface area (Å²) >= 11 is 0. The molecule has 0 saturated heterocycles. The monoisotopic (exact) mass is 442 g/mol. The summed E-state index contributed by atoms with van der Waals surface area (Å²) in [5, 5.41) is 4.81. The second-order valence-corrected chi connectivity index (χ2v) is 6.71. The van der Waals surface area contributed by atoms with Crippen LogP contribution in [-0.4, -0.2) is 36.8 Å². The standard InChI is InChI=1S/C20H21F3N2O6/c1-12(2)17(25-18(27)15-8-5-9-29-15)19(28)30-11-16(26)24-10-13-6-3-4-7-14(13)31-20(21,22)23/h3-9,12,17H,10-11H2,1-2H3,(H,24,26)(H,25,27)/t17-/m0/s1. The fourth-order valence-corrected chi connectivity index (χ4v) is 2.46. The summed E-state index contributed by atoms with van der Waals surface area (Å²) in [5.41, 5.74) is 0.0882. The van der Waals surface area contributed by atoms with Crippen LogP contribution in [0.4, 0.5) is 13.2 Å². The van der Waals surface area contributed by atoms with Crippen LogP contribution >= 0.6 is 0 Å². The van der Waals surface area contributed by atoms with E-state index in [1.807, 2.05) is 0 Å². The molecular formula is C20H21F3N2O6. The van der Waals surface area contributed by atoms with Crippen LogP contribution in [0.15, 0.2) is 47.1 Å². The average Bonchev–Trinajstić information content (AvgIpc) is 3.23. The van der Waals surface area contributed by atoms with Crippen molar-refractivity contribution < 1.29 is 41.4 Å². The molecule has 1 aromatic carbocycles. The third kappa shape index (κ3) is 7.68. The normalized spacial score (nSPS) is 12.2. The Balaban J connectivity index is 1.87. The Morgan fingerprint density at radius 1 is 1.10 bits per heavy atom. The van der Waals surface area contributed by atoms with Gasteiger partial charge in [-0.15, -0.1) is 13.2 Å². The second-order valence-electron chi connectivity index (χ2n) is 6.71. The molecule has 2 amide bonds. The molecule has 0 radical (unpaired) electrons. The van der Waals surface area contributed by atoms with E-state index in [1.54, 1.807) is 13.8 Å². The molecule has 11 heteroatoms. The van der Waals surface area contributed by atoms with E-state index in [4.69, 9.17) is 9.15 Å². The van der Waals surface area contributed by atoms with E-state index in [9.17, 15) is 27.6 Å². The Hall–Kier alpha value is -3.50. The van der Waals surface area contributed by atoms with Crippen molar-refractivity contribution in [3.05, 3.63) is 54.0 Å². The van der Waals surface area contributed by atoms with Crippen molar-refractivity contribution in [1.82, 2.24) is 10.6 Å². The van der Waals surface area contributed by atoms with Crippen LogP contribution in [0.1, 0.15) is 30.0 Å². The lowest BCUT2D eigenvalue weighted by Crippen LogP contribution is -2.46. The highest BCUT2D eigenvalue weighted by Gasteiger charge is 2.32. The molecule has 2 aromatic rings. The van der Waals surface area contributed by atoms with Gasteiger partial charge in [0.25, 0.3) is 11.8 Å². The zero-order valence-electron chi connectivity index (χ0n) is 16.7. The number of furan rings is 1. The number of ether oxygens (including phenoxy) is 2. The highest BCUT2D eigenvalue weighted by Crippen LogP contribution is 2.26. The van der Waals surface area contributed by atoms with Gasteiger partial charge in [0.05, 0.1) is 6.26 Å². The summed E-state index contributed by atoms with van der Waals surface area (Å²) in [5.74, 6) is -2.99. The Bertz CT molecular complexity index is 897. The molecule has 0 fully saturated rings. The molecule has 8 nitrogen and oxygen atoms in total. The lowest BCUT2D eigenvalue weighted by molar-refractivity contribution is -0.274. The van der Waals surface area contributed by atoms with E-state index in [1.165, 1.54) is 36.6 Å². The van der Waals surface area contributed by atoms with Gasteiger partial charge in [-0.25, -0.2) is 4.79 Å². The quantitative estimate of drug-likeness (QED) is 0.579. The number of hydrogen-bond acceptors (Lipinski definition) is 6. The number of para-hydroxylation sites is 1.